The molecule has 0 unspecified atom stereocenters. The van der Waals surface area contributed by atoms with E-state index < -0.39 is 10.2 Å². The van der Waals surface area contributed by atoms with Crippen LogP contribution in [0.25, 0.3) is 5.69 Å². The minimum Gasteiger partial charge on any atom is -0.269 e. The first-order valence-electron chi connectivity index (χ1n) is 4.56. The summed E-state index contributed by atoms with van der Waals surface area (Å²) in [6, 6.07) is 6.49. The van der Waals surface area contributed by atoms with Crippen LogP contribution in [0.15, 0.2) is 36.7 Å². The maximum Gasteiger partial charge on any atom is 0.296 e. The van der Waals surface area contributed by atoms with Crippen molar-refractivity contribution >= 4 is 27.5 Å². The molecule has 1 aromatic heterocycles. The Balaban J connectivity index is 2.57. The summed E-state index contributed by atoms with van der Waals surface area (Å²) >= 11 is 6.01. The van der Waals surface area contributed by atoms with Gasteiger partial charge in [-0.25, -0.2) is 9.82 Å². The topological polar surface area (TPSA) is 90.0 Å². The van der Waals surface area contributed by atoms with Gasteiger partial charge < -0.3 is 0 Å². The maximum atomic E-state index is 11.0. The first-order valence-corrected chi connectivity index (χ1v) is 6.49. The second kappa shape index (κ2) is 4.36. The number of nitrogens with one attached hydrogen (secondary N) is 1. The highest BCUT2D eigenvalue weighted by molar-refractivity contribution is 7.90. The van der Waals surface area contributed by atoms with Gasteiger partial charge in [0, 0.05) is 12.4 Å². The van der Waals surface area contributed by atoms with Crippen LogP contribution < -0.4 is 9.86 Å². The molecular weight excluding hydrogens is 264 g/mol. The van der Waals surface area contributed by atoms with Crippen LogP contribution in [0.5, 0.6) is 0 Å². The number of para-hydroxylation sites is 1. The highest BCUT2D eigenvalue weighted by atomic mass is 35.5. The molecule has 2 aromatic rings. The van der Waals surface area contributed by atoms with Crippen molar-refractivity contribution in [3.05, 3.63) is 41.7 Å². The van der Waals surface area contributed by atoms with Crippen molar-refractivity contribution in [2.24, 2.45) is 5.14 Å². The first-order chi connectivity index (χ1) is 7.97. The van der Waals surface area contributed by atoms with Gasteiger partial charge in [-0.3, -0.25) is 4.72 Å². The molecule has 0 saturated carbocycles. The fourth-order valence-corrected chi connectivity index (χ4v) is 2.12. The van der Waals surface area contributed by atoms with Gasteiger partial charge in [-0.15, -0.1) is 0 Å². The Morgan fingerprint density at radius 2 is 2.12 bits per heavy atom. The lowest BCUT2D eigenvalue weighted by Gasteiger charge is -2.11. The second-order valence-corrected chi connectivity index (χ2v) is 4.94. The van der Waals surface area contributed by atoms with Gasteiger partial charge in [0.15, 0.2) is 0 Å². The minimum atomic E-state index is -3.86. The standard InChI is InChI=1S/C9H9ClN4O2S/c10-7-3-1-4-8(13-17(11,15)16)9(7)14-6-2-5-12-14/h1-6,13H,(H2,11,15,16). The zero-order valence-corrected chi connectivity index (χ0v) is 10.1. The fourth-order valence-electron chi connectivity index (χ4n) is 1.38. The van der Waals surface area contributed by atoms with E-state index in [9.17, 15) is 8.42 Å². The van der Waals surface area contributed by atoms with Gasteiger partial charge in [-0.1, -0.05) is 17.7 Å². The molecule has 0 spiro atoms. The van der Waals surface area contributed by atoms with E-state index in [4.69, 9.17) is 16.7 Å². The van der Waals surface area contributed by atoms with E-state index in [1.54, 1.807) is 36.7 Å². The normalized spacial score (nSPS) is 11.4. The van der Waals surface area contributed by atoms with Crippen LogP contribution in [0.1, 0.15) is 0 Å². The minimum absolute atomic E-state index is 0.267. The largest absolute Gasteiger partial charge is 0.296 e. The highest BCUT2D eigenvalue weighted by Crippen LogP contribution is 2.28. The molecule has 0 aliphatic carbocycles. The molecule has 1 heterocycles. The van der Waals surface area contributed by atoms with E-state index in [-0.39, 0.29) is 5.69 Å². The molecule has 0 atom stereocenters. The van der Waals surface area contributed by atoms with Crippen LogP contribution in [-0.2, 0) is 10.2 Å². The summed E-state index contributed by atoms with van der Waals surface area (Å²) in [5.41, 5.74) is 0.692. The summed E-state index contributed by atoms with van der Waals surface area (Å²) in [5, 5.41) is 9.29. The van der Waals surface area contributed by atoms with Crippen molar-refractivity contribution in [2.75, 3.05) is 4.72 Å². The second-order valence-electron chi connectivity index (χ2n) is 3.23. The molecule has 0 aliphatic heterocycles. The summed E-state index contributed by atoms with van der Waals surface area (Å²) in [5.74, 6) is 0. The lowest BCUT2D eigenvalue weighted by Crippen LogP contribution is -2.22. The van der Waals surface area contributed by atoms with E-state index in [0.717, 1.165) is 0 Å². The van der Waals surface area contributed by atoms with Crippen LogP contribution in [0, 0.1) is 0 Å². The lowest BCUT2D eigenvalue weighted by atomic mass is 10.3. The number of halogens is 1. The molecule has 0 saturated heterocycles. The predicted molar refractivity (Wildman–Crippen MR) is 65.3 cm³/mol. The monoisotopic (exact) mass is 272 g/mol. The van der Waals surface area contributed by atoms with Gasteiger partial charge in [0.05, 0.1) is 10.7 Å². The maximum absolute atomic E-state index is 11.0. The summed E-state index contributed by atoms with van der Waals surface area (Å²) in [6.45, 7) is 0. The fraction of sp³-hybridized carbons (Fsp3) is 0. The number of rotatable bonds is 3. The molecular formula is C9H9ClN4O2S. The Hall–Kier alpha value is -1.57. The van der Waals surface area contributed by atoms with Crippen LogP contribution in [0.4, 0.5) is 5.69 Å². The molecule has 0 bridgehead atoms. The zero-order valence-electron chi connectivity index (χ0n) is 8.54. The summed E-state index contributed by atoms with van der Waals surface area (Å²) < 4.78 is 25.7. The third-order valence-electron chi connectivity index (χ3n) is 1.97. The third kappa shape index (κ3) is 2.76. The molecule has 2 rings (SSSR count). The van der Waals surface area contributed by atoms with Crippen molar-refractivity contribution in [3.63, 3.8) is 0 Å². The van der Waals surface area contributed by atoms with Crippen molar-refractivity contribution in [1.82, 2.24) is 9.78 Å². The van der Waals surface area contributed by atoms with E-state index in [1.807, 2.05) is 0 Å². The van der Waals surface area contributed by atoms with Gasteiger partial charge in [0.2, 0.25) is 0 Å². The average Bonchev–Trinajstić information content (AvgIpc) is 2.68. The van der Waals surface area contributed by atoms with Gasteiger partial charge in [0.1, 0.15) is 5.69 Å². The number of aromatic nitrogens is 2. The lowest BCUT2D eigenvalue weighted by molar-refractivity contribution is 0.603. The van der Waals surface area contributed by atoms with Crippen LogP contribution >= 0.6 is 11.6 Å². The molecule has 8 heteroatoms. The van der Waals surface area contributed by atoms with E-state index in [0.29, 0.717) is 10.7 Å². The van der Waals surface area contributed by atoms with Crippen molar-refractivity contribution < 1.29 is 8.42 Å². The predicted octanol–water partition coefficient (Wildman–Crippen LogP) is 1.14. The number of benzene rings is 1. The molecule has 17 heavy (non-hydrogen) atoms. The van der Waals surface area contributed by atoms with Crippen molar-refractivity contribution in [1.29, 1.82) is 0 Å². The molecule has 0 radical (unpaired) electrons. The van der Waals surface area contributed by atoms with E-state index >= 15 is 0 Å². The van der Waals surface area contributed by atoms with Crippen LogP contribution in [0.2, 0.25) is 5.02 Å². The number of anilines is 1. The molecule has 0 fully saturated rings. The van der Waals surface area contributed by atoms with Gasteiger partial charge in [-0.05, 0) is 18.2 Å². The SMILES string of the molecule is NS(=O)(=O)Nc1cccc(Cl)c1-n1cccn1. The van der Waals surface area contributed by atoms with Crippen molar-refractivity contribution in [3.8, 4) is 5.69 Å². The third-order valence-corrected chi connectivity index (χ3v) is 2.78. The molecule has 1 aromatic carbocycles. The van der Waals surface area contributed by atoms with E-state index in [1.165, 1.54) is 4.68 Å². The molecule has 3 N–H and O–H groups in total. The molecule has 0 amide bonds. The first kappa shape index (κ1) is 11.9. The van der Waals surface area contributed by atoms with E-state index in [2.05, 4.69) is 9.82 Å². The summed E-state index contributed by atoms with van der Waals surface area (Å²) in [7, 11) is -3.86. The number of nitrogens with zero attached hydrogens (tertiary/aromatic N) is 2. The Morgan fingerprint density at radius 1 is 1.35 bits per heavy atom. The summed E-state index contributed by atoms with van der Waals surface area (Å²) in [6.07, 6.45) is 3.21. The van der Waals surface area contributed by atoms with Crippen LogP contribution in [-0.4, -0.2) is 18.2 Å². The number of hydrogen-bond donors (Lipinski definition) is 2. The molecule has 90 valence electrons. The highest BCUT2D eigenvalue weighted by Gasteiger charge is 2.12. The number of hydrogen-bond acceptors (Lipinski definition) is 3. The van der Waals surface area contributed by atoms with Crippen molar-refractivity contribution in [2.45, 2.75) is 0 Å². The smallest absolute Gasteiger partial charge is 0.269 e. The Kier molecular flexibility index (Phi) is 3.05. The zero-order chi connectivity index (χ0) is 12.5. The molecule has 0 aliphatic rings. The Labute approximate surface area is 103 Å². The Bertz CT molecular complexity index is 624. The van der Waals surface area contributed by atoms with Gasteiger partial charge in [0.25, 0.3) is 10.2 Å². The summed E-state index contributed by atoms with van der Waals surface area (Å²) in [4.78, 5) is 0. The average molecular weight is 273 g/mol. The Morgan fingerprint density at radius 3 is 2.71 bits per heavy atom. The quantitative estimate of drug-likeness (QED) is 0.878. The molecule has 6 nitrogen and oxygen atoms in total. The number of nitrogens with two attached hydrogens (primary N) is 1. The van der Waals surface area contributed by atoms with Gasteiger partial charge >= 0.3 is 0 Å². The van der Waals surface area contributed by atoms with Crippen LogP contribution in [0.3, 0.4) is 0 Å². The van der Waals surface area contributed by atoms with Gasteiger partial charge in [-0.2, -0.15) is 13.5 Å².